The minimum Gasteiger partial charge on any atom is -0.396 e. The summed E-state index contributed by atoms with van der Waals surface area (Å²) in [6.45, 7) is 3.57. The Bertz CT molecular complexity index is 508. The standard InChI is InChI=1S/C16H24N2O4/c1-9(7-19)5-13-11(15(17)21)3-4-12(16(18)22)14(13)6-10(2)8-20/h3-4,9-10,19-20H,5-8H2,1-2H3,(H2,17,21)(H2,18,22). The number of hydrogen-bond donors (Lipinski definition) is 4. The highest BCUT2D eigenvalue weighted by Gasteiger charge is 2.21. The van der Waals surface area contributed by atoms with Gasteiger partial charge in [0.1, 0.15) is 0 Å². The summed E-state index contributed by atoms with van der Waals surface area (Å²) in [6.07, 6.45) is 0.812. The molecule has 0 fully saturated rings. The van der Waals surface area contributed by atoms with E-state index in [1.54, 1.807) is 0 Å². The number of carbonyl (C=O) groups is 2. The molecule has 0 spiro atoms. The van der Waals surface area contributed by atoms with Gasteiger partial charge in [-0.05, 0) is 47.9 Å². The smallest absolute Gasteiger partial charge is 0.248 e. The molecule has 6 nitrogen and oxygen atoms in total. The molecule has 0 saturated heterocycles. The lowest BCUT2D eigenvalue weighted by Crippen LogP contribution is -2.23. The van der Waals surface area contributed by atoms with E-state index >= 15 is 0 Å². The molecular weight excluding hydrogens is 284 g/mol. The van der Waals surface area contributed by atoms with Crippen LogP contribution in [-0.2, 0) is 12.8 Å². The zero-order valence-corrected chi connectivity index (χ0v) is 13.0. The van der Waals surface area contributed by atoms with Crippen molar-refractivity contribution in [1.82, 2.24) is 0 Å². The number of aliphatic hydroxyl groups excluding tert-OH is 2. The van der Waals surface area contributed by atoms with Crippen LogP contribution in [0.4, 0.5) is 0 Å². The van der Waals surface area contributed by atoms with Gasteiger partial charge in [-0.2, -0.15) is 0 Å². The number of benzene rings is 1. The van der Waals surface area contributed by atoms with Crippen LogP contribution >= 0.6 is 0 Å². The number of rotatable bonds is 8. The quantitative estimate of drug-likeness (QED) is 0.548. The minimum absolute atomic E-state index is 0.0476. The molecule has 6 heteroatoms. The molecule has 0 saturated carbocycles. The van der Waals surface area contributed by atoms with Gasteiger partial charge in [-0.15, -0.1) is 0 Å². The van der Waals surface area contributed by atoms with Gasteiger partial charge in [-0.1, -0.05) is 13.8 Å². The number of hydrogen-bond acceptors (Lipinski definition) is 4. The first kappa shape index (κ1) is 18.1. The summed E-state index contributed by atoms with van der Waals surface area (Å²) in [5.41, 5.74) is 12.8. The van der Waals surface area contributed by atoms with Crippen molar-refractivity contribution in [3.63, 3.8) is 0 Å². The van der Waals surface area contributed by atoms with Crippen molar-refractivity contribution in [3.05, 3.63) is 34.4 Å². The average molecular weight is 308 g/mol. The lowest BCUT2D eigenvalue weighted by molar-refractivity contribution is 0.0986. The van der Waals surface area contributed by atoms with Crippen molar-refractivity contribution >= 4 is 11.8 Å². The van der Waals surface area contributed by atoms with Crippen molar-refractivity contribution in [1.29, 1.82) is 0 Å². The van der Waals surface area contributed by atoms with Crippen LogP contribution < -0.4 is 11.5 Å². The molecule has 2 unspecified atom stereocenters. The minimum atomic E-state index is -0.589. The third kappa shape index (κ3) is 4.29. The number of primary amides is 2. The van der Waals surface area contributed by atoms with Crippen molar-refractivity contribution in [2.45, 2.75) is 26.7 Å². The molecule has 0 bridgehead atoms. The molecule has 0 aliphatic rings. The average Bonchev–Trinajstić information content (AvgIpc) is 2.47. The monoisotopic (exact) mass is 308 g/mol. The molecule has 6 N–H and O–H groups in total. The Morgan fingerprint density at radius 2 is 1.23 bits per heavy atom. The van der Waals surface area contributed by atoms with Gasteiger partial charge in [0.2, 0.25) is 11.8 Å². The second kappa shape index (κ2) is 7.91. The lowest BCUT2D eigenvalue weighted by Gasteiger charge is -2.20. The van der Waals surface area contributed by atoms with Gasteiger partial charge < -0.3 is 21.7 Å². The molecule has 1 aromatic rings. The fourth-order valence-electron chi connectivity index (χ4n) is 2.45. The van der Waals surface area contributed by atoms with E-state index in [4.69, 9.17) is 11.5 Å². The normalized spacial score (nSPS) is 13.6. The Morgan fingerprint density at radius 3 is 1.45 bits per heavy atom. The summed E-state index contributed by atoms with van der Waals surface area (Å²) in [4.78, 5) is 23.3. The van der Waals surface area contributed by atoms with E-state index in [9.17, 15) is 19.8 Å². The zero-order chi connectivity index (χ0) is 16.9. The summed E-state index contributed by atoms with van der Waals surface area (Å²) in [7, 11) is 0. The molecule has 122 valence electrons. The SMILES string of the molecule is CC(CO)Cc1c(C(N)=O)ccc(C(N)=O)c1CC(C)CO. The summed E-state index contributed by atoms with van der Waals surface area (Å²) in [5, 5.41) is 18.6. The molecule has 1 aromatic carbocycles. The summed E-state index contributed by atoms with van der Waals surface area (Å²) >= 11 is 0. The predicted molar refractivity (Wildman–Crippen MR) is 83.4 cm³/mol. The fourth-order valence-corrected chi connectivity index (χ4v) is 2.45. The Balaban J connectivity index is 3.50. The van der Waals surface area contributed by atoms with Gasteiger partial charge in [0.25, 0.3) is 0 Å². The van der Waals surface area contributed by atoms with Gasteiger partial charge in [-0.3, -0.25) is 9.59 Å². The van der Waals surface area contributed by atoms with Gasteiger partial charge in [0.15, 0.2) is 0 Å². The third-order valence-corrected chi connectivity index (χ3v) is 3.69. The van der Waals surface area contributed by atoms with E-state index in [2.05, 4.69) is 0 Å². The predicted octanol–water partition coefficient (Wildman–Crippen LogP) is 0.226. The molecule has 1 rings (SSSR count). The Hall–Kier alpha value is -1.92. The molecule has 0 aliphatic carbocycles. The van der Waals surface area contributed by atoms with Gasteiger partial charge in [-0.25, -0.2) is 0 Å². The molecule has 0 aliphatic heterocycles. The number of carbonyl (C=O) groups excluding carboxylic acids is 2. The van der Waals surface area contributed by atoms with Crippen molar-refractivity contribution in [2.75, 3.05) is 13.2 Å². The molecule has 2 amide bonds. The first-order valence-electron chi connectivity index (χ1n) is 7.27. The Kier molecular flexibility index (Phi) is 6.52. The van der Waals surface area contributed by atoms with E-state index in [0.717, 1.165) is 0 Å². The largest absolute Gasteiger partial charge is 0.396 e. The van der Waals surface area contributed by atoms with Gasteiger partial charge in [0, 0.05) is 24.3 Å². The van der Waals surface area contributed by atoms with Crippen LogP contribution in [0.15, 0.2) is 12.1 Å². The first-order chi connectivity index (χ1) is 10.3. The van der Waals surface area contributed by atoms with E-state index in [-0.39, 0.29) is 25.0 Å². The topological polar surface area (TPSA) is 127 Å². The molecule has 22 heavy (non-hydrogen) atoms. The van der Waals surface area contributed by atoms with Crippen LogP contribution in [0.2, 0.25) is 0 Å². The molecular formula is C16H24N2O4. The van der Waals surface area contributed by atoms with Crippen molar-refractivity contribution < 1.29 is 19.8 Å². The second-order valence-corrected chi connectivity index (χ2v) is 5.83. The van der Waals surface area contributed by atoms with Crippen molar-refractivity contribution in [3.8, 4) is 0 Å². The Morgan fingerprint density at radius 1 is 0.909 bits per heavy atom. The molecule has 0 radical (unpaired) electrons. The number of nitrogens with two attached hydrogens (primary N) is 2. The zero-order valence-electron chi connectivity index (χ0n) is 13.0. The van der Waals surface area contributed by atoms with Crippen LogP contribution in [0.25, 0.3) is 0 Å². The van der Waals surface area contributed by atoms with Gasteiger partial charge >= 0.3 is 0 Å². The fraction of sp³-hybridized carbons (Fsp3) is 0.500. The van der Waals surface area contributed by atoms with E-state index in [0.29, 0.717) is 35.1 Å². The molecule has 2 atom stereocenters. The summed E-state index contributed by atoms with van der Waals surface area (Å²) < 4.78 is 0. The highest BCUT2D eigenvalue weighted by atomic mass is 16.3. The maximum atomic E-state index is 11.7. The molecule has 0 aromatic heterocycles. The maximum absolute atomic E-state index is 11.7. The van der Waals surface area contributed by atoms with Crippen LogP contribution in [0.5, 0.6) is 0 Å². The van der Waals surface area contributed by atoms with Gasteiger partial charge in [0.05, 0.1) is 0 Å². The number of aliphatic hydroxyl groups is 2. The van der Waals surface area contributed by atoms with E-state index < -0.39 is 11.8 Å². The van der Waals surface area contributed by atoms with Crippen LogP contribution in [-0.4, -0.2) is 35.2 Å². The maximum Gasteiger partial charge on any atom is 0.248 e. The third-order valence-electron chi connectivity index (χ3n) is 3.69. The molecule has 0 heterocycles. The number of amides is 2. The summed E-state index contributed by atoms with van der Waals surface area (Å²) in [6, 6.07) is 2.99. The summed E-state index contributed by atoms with van der Waals surface area (Å²) in [5.74, 6) is -1.36. The second-order valence-electron chi connectivity index (χ2n) is 5.83. The van der Waals surface area contributed by atoms with Crippen LogP contribution in [0.3, 0.4) is 0 Å². The lowest BCUT2D eigenvalue weighted by atomic mass is 9.85. The van der Waals surface area contributed by atoms with E-state index in [1.807, 2.05) is 13.8 Å². The van der Waals surface area contributed by atoms with Crippen molar-refractivity contribution in [2.24, 2.45) is 23.3 Å². The Labute approximate surface area is 130 Å². The highest BCUT2D eigenvalue weighted by Crippen LogP contribution is 2.25. The van der Waals surface area contributed by atoms with Crippen LogP contribution in [0, 0.1) is 11.8 Å². The van der Waals surface area contributed by atoms with Crippen LogP contribution in [0.1, 0.15) is 45.7 Å². The highest BCUT2D eigenvalue weighted by molar-refractivity contribution is 5.99. The first-order valence-corrected chi connectivity index (χ1v) is 7.27. The van der Waals surface area contributed by atoms with E-state index in [1.165, 1.54) is 12.1 Å².